The van der Waals surface area contributed by atoms with Gasteiger partial charge in [-0.2, -0.15) is 13.2 Å². The molecule has 1 aromatic rings. The lowest BCUT2D eigenvalue weighted by Gasteiger charge is -2.44. The van der Waals surface area contributed by atoms with Gasteiger partial charge in [0.25, 0.3) is 0 Å². The van der Waals surface area contributed by atoms with Crippen LogP contribution in [-0.4, -0.2) is 29.5 Å². The molecular formula is C11H10F3NO2. The summed E-state index contributed by atoms with van der Waals surface area (Å²) in [6.07, 6.45) is -3.87. The first-order chi connectivity index (χ1) is 7.85. The summed E-state index contributed by atoms with van der Waals surface area (Å²) in [5.74, 6) is 0. The molecule has 1 fully saturated rings. The average molecular weight is 245 g/mol. The molecule has 0 bridgehead atoms. The average Bonchev–Trinajstić information content (AvgIpc) is 2.23. The van der Waals surface area contributed by atoms with Gasteiger partial charge in [0, 0.05) is 0 Å². The molecule has 1 aromatic carbocycles. The van der Waals surface area contributed by atoms with Gasteiger partial charge in [-0.3, -0.25) is 4.79 Å². The monoisotopic (exact) mass is 245 g/mol. The van der Waals surface area contributed by atoms with Gasteiger partial charge in [0.1, 0.15) is 5.60 Å². The molecule has 0 spiro atoms. The van der Waals surface area contributed by atoms with Crippen LogP contribution in [-0.2, 0) is 16.6 Å². The SMILES string of the molecule is O=CN1CC(O)(c2cccc(C(F)(F)F)c2)C1. The lowest BCUT2D eigenvalue weighted by Crippen LogP contribution is -2.58. The standard InChI is InChI=1S/C11H10F3NO2/c12-11(13,14)9-3-1-2-8(4-9)10(17)5-15(6-10)7-16/h1-4,7,17H,5-6H2. The fourth-order valence-corrected chi connectivity index (χ4v) is 1.87. The van der Waals surface area contributed by atoms with Gasteiger partial charge in [0.05, 0.1) is 18.7 Å². The second kappa shape index (κ2) is 3.73. The fraction of sp³-hybridized carbons (Fsp3) is 0.364. The summed E-state index contributed by atoms with van der Waals surface area (Å²) < 4.78 is 37.4. The van der Waals surface area contributed by atoms with Crippen molar-refractivity contribution in [3.8, 4) is 0 Å². The Morgan fingerprint density at radius 2 is 2.00 bits per heavy atom. The molecule has 1 saturated heterocycles. The van der Waals surface area contributed by atoms with Crippen molar-refractivity contribution < 1.29 is 23.1 Å². The van der Waals surface area contributed by atoms with Crippen molar-refractivity contribution in [1.82, 2.24) is 4.90 Å². The van der Waals surface area contributed by atoms with Crippen molar-refractivity contribution in [1.29, 1.82) is 0 Å². The van der Waals surface area contributed by atoms with Gasteiger partial charge in [-0.1, -0.05) is 12.1 Å². The van der Waals surface area contributed by atoms with Gasteiger partial charge < -0.3 is 10.0 Å². The van der Waals surface area contributed by atoms with E-state index < -0.39 is 17.3 Å². The number of halogens is 3. The Morgan fingerprint density at radius 1 is 1.35 bits per heavy atom. The molecule has 0 radical (unpaired) electrons. The molecule has 1 amide bonds. The van der Waals surface area contributed by atoms with Crippen molar-refractivity contribution in [3.63, 3.8) is 0 Å². The van der Waals surface area contributed by atoms with Gasteiger partial charge >= 0.3 is 6.18 Å². The van der Waals surface area contributed by atoms with E-state index in [0.717, 1.165) is 12.1 Å². The number of carbonyl (C=O) groups excluding carboxylic acids is 1. The molecule has 0 unspecified atom stereocenters. The minimum Gasteiger partial charge on any atom is -0.381 e. The van der Waals surface area contributed by atoms with E-state index in [2.05, 4.69) is 0 Å². The van der Waals surface area contributed by atoms with Crippen molar-refractivity contribution in [3.05, 3.63) is 35.4 Å². The van der Waals surface area contributed by atoms with Crippen LogP contribution in [0.3, 0.4) is 0 Å². The number of nitrogens with zero attached hydrogens (tertiary/aromatic N) is 1. The van der Waals surface area contributed by atoms with Crippen LogP contribution >= 0.6 is 0 Å². The predicted octanol–water partition coefficient (Wildman–Crippen LogP) is 1.36. The maximum Gasteiger partial charge on any atom is 0.416 e. The number of carbonyl (C=O) groups is 1. The lowest BCUT2D eigenvalue weighted by atomic mass is 9.86. The highest BCUT2D eigenvalue weighted by atomic mass is 19.4. The summed E-state index contributed by atoms with van der Waals surface area (Å²) in [4.78, 5) is 11.7. The first kappa shape index (κ1) is 11.9. The second-order valence-corrected chi connectivity index (χ2v) is 4.12. The van der Waals surface area contributed by atoms with E-state index in [1.165, 1.54) is 17.0 Å². The topological polar surface area (TPSA) is 40.5 Å². The minimum atomic E-state index is -4.43. The molecule has 0 aromatic heterocycles. The number of hydrogen-bond donors (Lipinski definition) is 1. The predicted molar refractivity (Wildman–Crippen MR) is 53.0 cm³/mol. The summed E-state index contributed by atoms with van der Waals surface area (Å²) >= 11 is 0. The summed E-state index contributed by atoms with van der Waals surface area (Å²) in [5.41, 5.74) is -1.97. The van der Waals surface area contributed by atoms with E-state index in [-0.39, 0.29) is 18.7 Å². The number of β-amino-alcohol motifs (C(OH)–C–C–N with tert-alkyl or cyclic N) is 1. The van der Waals surface area contributed by atoms with Crippen LogP contribution in [0.25, 0.3) is 0 Å². The van der Waals surface area contributed by atoms with E-state index in [0.29, 0.717) is 6.41 Å². The first-order valence-corrected chi connectivity index (χ1v) is 4.95. The van der Waals surface area contributed by atoms with E-state index in [1.807, 2.05) is 0 Å². The molecule has 0 aliphatic carbocycles. The van der Waals surface area contributed by atoms with Crippen LogP contribution in [0.4, 0.5) is 13.2 Å². The van der Waals surface area contributed by atoms with Gasteiger partial charge in [0.15, 0.2) is 0 Å². The number of rotatable bonds is 2. The molecule has 1 aliphatic heterocycles. The second-order valence-electron chi connectivity index (χ2n) is 4.12. The first-order valence-electron chi connectivity index (χ1n) is 4.95. The number of alkyl halides is 3. The summed E-state index contributed by atoms with van der Waals surface area (Å²) in [5, 5.41) is 10.0. The van der Waals surface area contributed by atoms with Crippen molar-refractivity contribution in [2.24, 2.45) is 0 Å². The molecule has 17 heavy (non-hydrogen) atoms. The van der Waals surface area contributed by atoms with Gasteiger partial charge in [-0.05, 0) is 17.7 Å². The molecule has 2 rings (SSSR count). The number of aliphatic hydroxyl groups is 1. The zero-order valence-corrected chi connectivity index (χ0v) is 8.74. The maximum absolute atomic E-state index is 12.5. The van der Waals surface area contributed by atoms with E-state index >= 15 is 0 Å². The van der Waals surface area contributed by atoms with Crippen molar-refractivity contribution in [2.45, 2.75) is 11.8 Å². The van der Waals surface area contributed by atoms with Crippen molar-refractivity contribution >= 4 is 6.41 Å². The maximum atomic E-state index is 12.5. The number of amides is 1. The van der Waals surface area contributed by atoms with E-state index in [1.54, 1.807) is 0 Å². The van der Waals surface area contributed by atoms with Gasteiger partial charge in [0.2, 0.25) is 6.41 Å². The Bertz CT molecular complexity index is 439. The van der Waals surface area contributed by atoms with Crippen LogP contribution in [0.1, 0.15) is 11.1 Å². The lowest BCUT2D eigenvalue weighted by molar-refractivity contribution is -0.145. The third-order valence-electron chi connectivity index (χ3n) is 2.81. The molecule has 0 saturated carbocycles. The third kappa shape index (κ3) is 2.12. The summed E-state index contributed by atoms with van der Waals surface area (Å²) in [6.45, 7) is 0.0512. The highest BCUT2D eigenvalue weighted by molar-refractivity contribution is 5.51. The molecule has 1 aliphatic rings. The number of benzene rings is 1. The zero-order chi connectivity index (χ0) is 12.7. The highest BCUT2D eigenvalue weighted by Gasteiger charge is 2.43. The largest absolute Gasteiger partial charge is 0.416 e. The minimum absolute atomic E-state index is 0.0256. The number of likely N-dealkylation sites (tertiary alicyclic amines) is 1. The Balaban J connectivity index is 2.26. The molecule has 6 heteroatoms. The highest BCUT2D eigenvalue weighted by Crippen LogP contribution is 2.35. The van der Waals surface area contributed by atoms with Crippen LogP contribution in [0.2, 0.25) is 0 Å². The van der Waals surface area contributed by atoms with Gasteiger partial charge in [-0.15, -0.1) is 0 Å². The van der Waals surface area contributed by atoms with E-state index in [4.69, 9.17) is 0 Å². The molecule has 0 atom stereocenters. The Labute approximate surface area is 95.5 Å². The Hall–Kier alpha value is -1.56. The molecule has 3 nitrogen and oxygen atoms in total. The van der Waals surface area contributed by atoms with Gasteiger partial charge in [-0.25, -0.2) is 0 Å². The van der Waals surface area contributed by atoms with Crippen LogP contribution in [0, 0.1) is 0 Å². The van der Waals surface area contributed by atoms with Crippen molar-refractivity contribution in [2.75, 3.05) is 13.1 Å². The Morgan fingerprint density at radius 3 is 2.53 bits per heavy atom. The van der Waals surface area contributed by atoms with Crippen LogP contribution < -0.4 is 0 Å². The zero-order valence-electron chi connectivity index (χ0n) is 8.74. The molecule has 1 heterocycles. The summed E-state index contributed by atoms with van der Waals surface area (Å²) in [6, 6.07) is 4.54. The molecule has 1 N–H and O–H groups in total. The normalized spacial score (nSPS) is 18.7. The van der Waals surface area contributed by atoms with Crippen LogP contribution in [0.5, 0.6) is 0 Å². The third-order valence-corrected chi connectivity index (χ3v) is 2.81. The smallest absolute Gasteiger partial charge is 0.381 e. The fourth-order valence-electron chi connectivity index (χ4n) is 1.87. The summed E-state index contributed by atoms with van der Waals surface area (Å²) in [7, 11) is 0. The Kier molecular flexibility index (Phi) is 2.61. The quantitative estimate of drug-likeness (QED) is 0.799. The molecular weight excluding hydrogens is 235 g/mol. The van der Waals surface area contributed by atoms with Crippen LogP contribution in [0.15, 0.2) is 24.3 Å². The molecule has 92 valence electrons. The number of hydrogen-bond acceptors (Lipinski definition) is 2. The van der Waals surface area contributed by atoms with E-state index in [9.17, 15) is 23.1 Å².